The van der Waals surface area contributed by atoms with Gasteiger partial charge in [-0.3, -0.25) is 0 Å². The number of halogens is 2. The number of para-hydroxylation sites is 1. The second-order valence-electron chi connectivity index (χ2n) is 4.46. The molecule has 3 rings (SSSR count). The Hall–Kier alpha value is -0.440. The van der Waals surface area contributed by atoms with E-state index in [9.17, 15) is 0 Å². The van der Waals surface area contributed by atoms with E-state index in [0.717, 1.165) is 13.1 Å². The summed E-state index contributed by atoms with van der Waals surface area (Å²) < 4.78 is 0. The molecule has 4 heteroatoms. The number of hydrogen-bond acceptors (Lipinski definition) is 2. The molecule has 1 spiro atoms. The molecule has 0 bridgehead atoms. The van der Waals surface area contributed by atoms with Crippen molar-refractivity contribution in [2.24, 2.45) is 0 Å². The molecule has 2 aliphatic rings. The van der Waals surface area contributed by atoms with E-state index in [2.05, 4.69) is 34.9 Å². The minimum atomic E-state index is 0. The normalized spacial score (nSPS) is 26.2. The molecule has 2 nitrogen and oxygen atoms in total. The van der Waals surface area contributed by atoms with Crippen LogP contribution in [-0.4, -0.2) is 19.6 Å². The molecule has 1 atom stereocenters. The van der Waals surface area contributed by atoms with Crippen LogP contribution >= 0.6 is 24.8 Å². The number of hydrogen-bond donors (Lipinski definition) is 2. The molecule has 2 aliphatic heterocycles. The van der Waals surface area contributed by atoms with Crippen LogP contribution in [0.2, 0.25) is 0 Å². The van der Waals surface area contributed by atoms with Crippen molar-refractivity contribution < 1.29 is 0 Å². The molecule has 2 heterocycles. The fourth-order valence-electron chi connectivity index (χ4n) is 2.81. The monoisotopic (exact) mass is 260 g/mol. The van der Waals surface area contributed by atoms with E-state index in [0.29, 0.717) is 5.41 Å². The molecule has 1 aromatic rings. The summed E-state index contributed by atoms with van der Waals surface area (Å²) >= 11 is 0. The van der Waals surface area contributed by atoms with Crippen LogP contribution < -0.4 is 10.6 Å². The highest BCUT2D eigenvalue weighted by Crippen LogP contribution is 2.40. The molecule has 2 N–H and O–H groups in total. The maximum atomic E-state index is 3.52. The molecule has 1 fully saturated rings. The standard InChI is InChI=1S/C12H16N2.2ClH/c1-2-5-11-10(4-1)12(9-14-11)6-3-7-13-8-12;;/h1-2,4-5,13-14H,3,6-9H2;2*1H. The molecule has 1 aromatic carbocycles. The average molecular weight is 261 g/mol. The van der Waals surface area contributed by atoms with Crippen molar-refractivity contribution in [2.75, 3.05) is 25.0 Å². The zero-order valence-corrected chi connectivity index (χ0v) is 10.8. The Bertz CT molecular complexity index is 343. The minimum Gasteiger partial charge on any atom is -0.384 e. The Labute approximate surface area is 109 Å². The van der Waals surface area contributed by atoms with E-state index in [1.807, 2.05) is 0 Å². The number of fused-ring (bicyclic) bond motifs is 2. The van der Waals surface area contributed by atoms with Gasteiger partial charge in [-0.05, 0) is 31.0 Å². The largest absolute Gasteiger partial charge is 0.384 e. The number of anilines is 1. The first-order valence-corrected chi connectivity index (χ1v) is 5.45. The van der Waals surface area contributed by atoms with Crippen molar-refractivity contribution in [3.05, 3.63) is 29.8 Å². The summed E-state index contributed by atoms with van der Waals surface area (Å²) in [5, 5.41) is 7.04. The number of nitrogens with one attached hydrogen (secondary N) is 2. The molecular weight excluding hydrogens is 243 g/mol. The van der Waals surface area contributed by atoms with Gasteiger partial charge in [0.15, 0.2) is 0 Å². The highest BCUT2D eigenvalue weighted by Gasteiger charge is 2.39. The predicted molar refractivity (Wildman–Crippen MR) is 73.2 cm³/mol. The second kappa shape index (κ2) is 5.26. The first-order valence-electron chi connectivity index (χ1n) is 5.45. The minimum absolute atomic E-state index is 0. The van der Waals surface area contributed by atoms with Gasteiger partial charge in [0, 0.05) is 24.2 Å². The van der Waals surface area contributed by atoms with Gasteiger partial charge in [-0.25, -0.2) is 0 Å². The Kier molecular flexibility index (Phi) is 4.48. The van der Waals surface area contributed by atoms with Gasteiger partial charge in [-0.2, -0.15) is 0 Å². The zero-order chi connectivity index (χ0) is 9.43. The molecule has 0 aromatic heterocycles. The Morgan fingerprint density at radius 1 is 1.06 bits per heavy atom. The summed E-state index contributed by atoms with van der Waals surface area (Å²) in [5.74, 6) is 0. The van der Waals surface area contributed by atoms with Gasteiger partial charge in [0.1, 0.15) is 0 Å². The maximum Gasteiger partial charge on any atom is 0.0379 e. The van der Waals surface area contributed by atoms with Gasteiger partial charge >= 0.3 is 0 Å². The first kappa shape index (κ1) is 13.6. The van der Waals surface area contributed by atoms with E-state index in [1.54, 1.807) is 0 Å². The third-order valence-corrected chi connectivity index (χ3v) is 3.59. The first-order chi connectivity index (χ1) is 6.91. The smallest absolute Gasteiger partial charge is 0.0379 e. The second-order valence-corrected chi connectivity index (χ2v) is 4.46. The SMILES string of the molecule is Cl.Cl.c1ccc2c(c1)NCC21CCCNC1. The van der Waals surface area contributed by atoms with Crippen molar-refractivity contribution in [1.82, 2.24) is 5.32 Å². The van der Waals surface area contributed by atoms with Gasteiger partial charge in [-0.15, -0.1) is 24.8 Å². The fourth-order valence-corrected chi connectivity index (χ4v) is 2.81. The maximum absolute atomic E-state index is 3.52. The van der Waals surface area contributed by atoms with Gasteiger partial charge in [-0.1, -0.05) is 18.2 Å². The summed E-state index contributed by atoms with van der Waals surface area (Å²) in [6.45, 7) is 3.43. The van der Waals surface area contributed by atoms with Crippen LogP contribution in [0.15, 0.2) is 24.3 Å². The lowest BCUT2D eigenvalue weighted by Gasteiger charge is -2.33. The van der Waals surface area contributed by atoms with Crippen LogP contribution in [0.5, 0.6) is 0 Å². The van der Waals surface area contributed by atoms with Crippen LogP contribution in [-0.2, 0) is 5.41 Å². The van der Waals surface area contributed by atoms with Crippen molar-refractivity contribution in [3.8, 4) is 0 Å². The van der Waals surface area contributed by atoms with E-state index < -0.39 is 0 Å². The molecule has 1 unspecified atom stereocenters. The third kappa shape index (κ3) is 2.02. The van der Waals surface area contributed by atoms with Crippen molar-refractivity contribution in [3.63, 3.8) is 0 Å². The Morgan fingerprint density at radius 2 is 1.88 bits per heavy atom. The van der Waals surface area contributed by atoms with Crippen LogP contribution in [0.4, 0.5) is 5.69 Å². The van der Waals surface area contributed by atoms with Gasteiger partial charge < -0.3 is 10.6 Å². The summed E-state index contributed by atoms with van der Waals surface area (Å²) in [7, 11) is 0. The lowest BCUT2D eigenvalue weighted by atomic mass is 9.76. The van der Waals surface area contributed by atoms with Crippen LogP contribution in [0.3, 0.4) is 0 Å². The highest BCUT2D eigenvalue weighted by molar-refractivity contribution is 5.85. The topological polar surface area (TPSA) is 24.1 Å². The van der Waals surface area contributed by atoms with E-state index >= 15 is 0 Å². The highest BCUT2D eigenvalue weighted by atomic mass is 35.5. The van der Waals surface area contributed by atoms with Gasteiger partial charge in [0.05, 0.1) is 0 Å². The van der Waals surface area contributed by atoms with Crippen molar-refractivity contribution >= 4 is 30.5 Å². The molecule has 0 radical (unpaired) electrons. The summed E-state index contributed by atoms with van der Waals surface area (Å²) in [5.41, 5.74) is 3.25. The fraction of sp³-hybridized carbons (Fsp3) is 0.500. The van der Waals surface area contributed by atoms with E-state index in [1.165, 1.54) is 30.6 Å². The molecule has 16 heavy (non-hydrogen) atoms. The van der Waals surface area contributed by atoms with Gasteiger partial charge in [0.2, 0.25) is 0 Å². The summed E-state index contributed by atoms with van der Waals surface area (Å²) in [6, 6.07) is 8.74. The lowest BCUT2D eigenvalue weighted by molar-refractivity contribution is 0.339. The van der Waals surface area contributed by atoms with Crippen LogP contribution in [0.25, 0.3) is 0 Å². The molecule has 0 amide bonds. The Balaban J connectivity index is 0.000000640. The number of rotatable bonds is 0. The van der Waals surface area contributed by atoms with Crippen molar-refractivity contribution in [1.29, 1.82) is 0 Å². The molecule has 0 saturated carbocycles. The Morgan fingerprint density at radius 3 is 2.62 bits per heavy atom. The summed E-state index contributed by atoms with van der Waals surface area (Å²) in [4.78, 5) is 0. The van der Waals surface area contributed by atoms with Crippen LogP contribution in [0.1, 0.15) is 18.4 Å². The molecule has 90 valence electrons. The average Bonchev–Trinajstić information content (AvgIpc) is 2.60. The van der Waals surface area contributed by atoms with E-state index in [-0.39, 0.29) is 24.8 Å². The van der Waals surface area contributed by atoms with Crippen molar-refractivity contribution in [2.45, 2.75) is 18.3 Å². The quantitative estimate of drug-likeness (QED) is 0.750. The third-order valence-electron chi connectivity index (χ3n) is 3.59. The predicted octanol–water partition coefficient (Wildman–Crippen LogP) is 2.58. The molecule has 0 aliphatic carbocycles. The van der Waals surface area contributed by atoms with Crippen LogP contribution in [0, 0.1) is 0 Å². The zero-order valence-electron chi connectivity index (χ0n) is 9.16. The molecule has 1 saturated heterocycles. The summed E-state index contributed by atoms with van der Waals surface area (Å²) in [6.07, 6.45) is 2.63. The number of benzene rings is 1. The number of piperidine rings is 1. The van der Waals surface area contributed by atoms with E-state index in [4.69, 9.17) is 0 Å². The lowest BCUT2D eigenvalue weighted by Crippen LogP contribution is -2.44. The van der Waals surface area contributed by atoms with Gasteiger partial charge in [0.25, 0.3) is 0 Å². The molecular formula is C12H18Cl2N2.